The molecule has 3 heterocycles. The fourth-order valence-corrected chi connectivity index (χ4v) is 21.3. The highest BCUT2D eigenvalue weighted by Crippen LogP contribution is 2.59. The molecule has 5 heteroatoms. The Labute approximate surface area is 736 Å². The molecule has 2 aliphatic carbocycles. The maximum absolute atomic E-state index is 7.15. The number of benzene rings is 20. The highest BCUT2D eigenvalue weighted by atomic mass is 16.3. The highest BCUT2D eigenvalue weighted by Gasteiger charge is 2.48. The van der Waals surface area contributed by atoms with Crippen LogP contribution in [-0.2, 0) is 10.8 Å². The number of hydrogen-bond donors (Lipinski definition) is 0. The van der Waals surface area contributed by atoms with Crippen LogP contribution in [0.25, 0.3) is 149 Å². The first kappa shape index (κ1) is 73.1. The molecule has 0 radical (unpaired) electrons. The second kappa shape index (κ2) is 29.6. The van der Waals surface area contributed by atoms with E-state index in [9.17, 15) is 0 Å². The average Bonchev–Trinajstić information content (AvgIpc) is 1.55. The third-order valence-corrected chi connectivity index (χ3v) is 27.0. The van der Waals surface area contributed by atoms with Crippen molar-refractivity contribution in [2.45, 2.75) is 10.8 Å². The van der Waals surface area contributed by atoms with E-state index in [1.807, 2.05) is 12.1 Å². The molecular weight excluding hydrogens is 1540 g/mol. The molecule has 25 rings (SSSR count). The van der Waals surface area contributed by atoms with E-state index in [4.69, 9.17) is 8.83 Å². The molecule has 594 valence electrons. The predicted octanol–water partition coefficient (Wildman–Crippen LogP) is 32.6. The summed E-state index contributed by atoms with van der Waals surface area (Å²) in [6, 6.07) is 176. The van der Waals surface area contributed by atoms with Crippen molar-refractivity contribution in [3.05, 3.63) is 524 Å². The lowest BCUT2D eigenvalue weighted by Gasteiger charge is -2.34. The Hall–Kier alpha value is -16.6. The van der Waals surface area contributed by atoms with Gasteiger partial charge < -0.3 is 23.2 Å². The van der Waals surface area contributed by atoms with E-state index in [0.29, 0.717) is 0 Å². The Morgan fingerprint density at radius 1 is 0.181 bits per heavy atom. The fraction of sp³-hybridized carbons (Fsp3) is 0.0164. The van der Waals surface area contributed by atoms with Crippen LogP contribution in [0.15, 0.2) is 488 Å². The Morgan fingerprint density at radius 2 is 0.520 bits per heavy atom. The summed E-state index contributed by atoms with van der Waals surface area (Å²) >= 11 is 0. The minimum absolute atomic E-state index is 0.523. The van der Waals surface area contributed by atoms with Crippen LogP contribution in [0, 0.1) is 0 Å². The summed E-state index contributed by atoms with van der Waals surface area (Å²) in [7, 11) is 0. The van der Waals surface area contributed by atoms with E-state index in [2.05, 4.69) is 481 Å². The molecule has 0 aliphatic heterocycles. The number of aromatic nitrogens is 1. The van der Waals surface area contributed by atoms with Gasteiger partial charge in [-0.1, -0.05) is 352 Å². The first-order chi connectivity index (χ1) is 62.9. The van der Waals surface area contributed by atoms with E-state index < -0.39 is 10.8 Å². The Bertz CT molecular complexity index is 8080. The van der Waals surface area contributed by atoms with Crippen molar-refractivity contribution >= 4 is 99.8 Å². The molecule has 0 saturated heterocycles. The summed E-state index contributed by atoms with van der Waals surface area (Å²) in [6.45, 7) is 0. The topological polar surface area (TPSA) is 37.7 Å². The number of rotatable bonds is 16. The number of para-hydroxylation sites is 4. The van der Waals surface area contributed by atoms with E-state index in [-0.39, 0.29) is 0 Å². The first-order valence-electron chi connectivity index (χ1n) is 43.7. The van der Waals surface area contributed by atoms with Crippen molar-refractivity contribution in [3.63, 3.8) is 0 Å². The van der Waals surface area contributed by atoms with E-state index >= 15 is 0 Å². The van der Waals surface area contributed by atoms with Gasteiger partial charge in [0.2, 0.25) is 0 Å². The van der Waals surface area contributed by atoms with Gasteiger partial charge in [0.1, 0.15) is 22.3 Å². The van der Waals surface area contributed by atoms with Gasteiger partial charge in [0, 0.05) is 77.7 Å². The number of anilines is 6. The van der Waals surface area contributed by atoms with Gasteiger partial charge >= 0.3 is 0 Å². The van der Waals surface area contributed by atoms with Gasteiger partial charge in [-0.15, -0.1) is 0 Å². The van der Waals surface area contributed by atoms with Crippen molar-refractivity contribution in [3.8, 4) is 83.6 Å². The predicted molar refractivity (Wildman–Crippen MR) is 526 cm³/mol. The minimum atomic E-state index is -0.538. The largest absolute Gasteiger partial charge is 0.456 e. The van der Waals surface area contributed by atoms with Crippen molar-refractivity contribution < 1.29 is 8.83 Å². The quantitative estimate of drug-likeness (QED) is 0.0966. The van der Waals surface area contributed by atoms with Gasteiger partial charge in [0.05, 0.1) is 21.9 Å². The summed E-state index contributed by atoms with van der Waals surface area (Å²) < 4.78 is 15.8. The second-order valence-electron chi connectivity index (χ2n) is 33.7. The summed E-state index contributed by atoms with van der Waals surface area (Å²) in [4.78, 5) is 4.79. The molecule has 20 aromatic carbocycles. The monoisotopic (exact) mass is 1620 g/mol. The molecule has 127 heavy (non-hydrogen) atoms. The molecule has 0 spiro atoms. The SMILES string of the molecule is c1ccc(C2(c3ccc(N(c4ccc(-c5ccc(-c6ccc7c(c6)oc6c(-c8cccc(N(c9ccc(-c%10ccc(-n%11c%12ccccc%12c%12ccccc%12%11)cc%10)cc9)c9ccc(C%10(c%11ccccc%11)c%11ccccc%11-c%11ccccc%11%10)cc9)c8)cccc67)cc5)cc4)c4cccc(-c5ccc6oc7ccccc7c6c5)c4)cc3)c3ccccc3-c3ccccc32)cc1. The smallest absolute Gasteiger partial charge is 0.143 e. The van der Waals surface area contributed by atoms with Crippen LogP contribution in [0.5, 0.6) is 0 Å². The van der Waals surface area contributed by atoms with Gasteiger partial charge in [-0.2, -0.15) is 0 Å². The van der Waals surface area contributed by atoms with Crippen molar-refractivity contribution in [2.75, 3.05) is 9.80 Å². The molecule has 0 N–H and O–H groups in total. The molecule has 0 amide bonds. The molecule has 5 nitrogen and oxygen atoms in total. The highest BCUT2D eigenvalue weighted by molar-refractivity contribution is 6.12. The Balaban J connectivity index is 0.539. The third kappa shape index (κ3) is 11.7. The molecule has 0 bridgehead atoms. The van der Waals surface area contributed by atoms with Crippen molar-refractivity contribution in [1.82, 2.24) is 4.57 Å². The van der Waals surface area contributed by atoms with Crippen LogP contribution in [-0.4, -0.2) is 4.57 Å². The van der Waals surface area contributed by atoms with Crippen LogP contribution in [0.2, 0.25) is 0 Å². The van der Waals surface area contributed by atoms with Gasteiger partial charge in [0.15, 0.2) is 0 Å². The number of fused-ring (bicyclic) bond motifs is 15. The second-order valence-corrected chi connectivity index (χ2v) is 33.7. The van der Waals surface area contributed by atoms with Gasteiger partial charge in [0.25, 0.3) is 0 Å². The zero-order valence-electron chi connectivity index (χ0n) is 69.3. The Kier molecular flexibility index (Phi) is 17.0. The molecular formula is C122H79N3O2. The lowest BCUT2D eigenvalue weighted by atomic mass is 9.68. The van der Waals surface area contributed by atoms with Crippen LogP contribution >= 0.6 is 0 Å². The average molecular weight is 1620 g/mol. The van der Waals surface area contributed by atoms with Crippen LogP contribution in [0.4, 0.5) is 34.1 Å². The third-order valence-electron chi connectivity index (χ3n) is 27.0. The standard InChI is InChI=1S/C122H79N3O2/c1-3-26-89(27-4-1)121(111-41-14-7-32-101(111)102-33-8-15-42-112(102)121)91-60-70-95(71-61-91)123(98-30-21-24-85(76-98)86-59-75-118-110(78-86)107-38-13-20-47-117(107)126-118)93-64-52-81(53-65-93)80-48-50-84(51-49-80)87-58-74-108-109-40-23-39-100(120(109)127-119(108)79-87)88-25-22-31-99(77-88)124(94-66-54-82(55-67-94)83-56-68-97(69-57-83)125-115-45-18-11-36-105(115)106-37-12-19-46-116(106)125)96-72-62-92(63-73-96)122(90-28-5-2-6-29-90)113-43-16-9-34-103(113)104-35-10-17-44-114(104)122/h1-79H. The zero-order chi connectivity index (χ0) is 83.7. The molecule has 23 aromatic rings. The molecule has 2 aliphatic rings. The van der Waals surface area contributed by atoms with Crippen LogP contribution < -0.4 is 9.80 Å². The van der Waals surface area contributed by atoms with Crippen LogP contribution in [0.3, 0.4) is 0 Å². The first-order valence-corrected chi connectivity index (χ1v) is 43.7. The van der Waals surface area contributed by atoms with E-state index in [1.165, 1.54) is 88.6 Å². The van der Waals surface area contributed by atoms with E-state index in [1.54, 1.807) is 0 Å². The Morgan fingerprint density at radius 3 is 1.03 bits per heavy atom. The number of nitrogens with zero attached hydrogens (tertiary/aromatic N) is 3. The molecule has 0 unspecified atom stereocenters. The van der Waals surface area contributed by atoms with Crippen molar-refractivity contribution in [2.24, 2.45) is 0 Å². The number of hydrogen-bond acceptors (Lipinski definition) is 4. The van der Waals surface area contributed by atoms with Crippen LogP contribution in [0.1, 0.15) is 44.5 Å². The molecule has 0 atom stereocenters. The normalized spacial score (nSPS) is 12.9. The van der Waals surface area contributed by atoms with E-state index in [0.717, 1.165) is 139 Å². The number of furan rings is 2. The lowest BCUT2D eigenvalue weighted by Crippen LogP contribution is -2.28. The summed E-state index contributed by atoms with van der Waals surface area (Å²) in [6.07, 6.45) is 0. The van der Waals surface area contributed by atoms with Gasteiger partial charge in [-0.25, -0.2) is 0 Å². The summed E-state index contributed by atoms with van der Waals surface area (Å²) in [5, 5.41) is 6.85. The zero-order valence-corrected chi connectivity index (χ0v) is 69.3. The summed E-state index contributed by atoms with van der Waals surface area (Å²) in [5.41, 5.74) is 38.3. The summed E-state index contributed by atoms with van der Waals surface area (Å²) in [5.74, 6) is 0. The van der Waals surface area contributed by atoms with Crippen molar-refractivity contribution in [1.29, 1.82) is 0 Å². The lowest BCUT2D eigenvalue weighted by molar-refractivity contribution is 0.669. The van der Waals surface area contributed by atoms with Gasteiger partial charge in [-0.05, 0) is 244 Å². The van der Waals surface area contributed by atoms with Gasteiger partial charge in [-0.3, -0.25) is 0 Å². The molecule has 3 aromatic heterocycles. The minimum Gasteiger partial charge on any atom is -0.456 e. The molecule has 0 saturated carbocycles. The molecule has 0 fully saturated rings. The maximum atomic E-state index is 7.15. The maximum Gasteiger partial charge on any atom is 0.143 e. The fourth-order valence-electron chi connectivity index (χ4n) is 21.3.